The Balaban J connectivity index is 1.44. The summed E-state index contributed by atoms with van der Waals surface area (Å²) in [5.74, 6) is -5.91. The van der Waals surface area contributed by atoms with E-state index in [4.69, 9.17) is 9.47 Å². The van der Waals surface area contributed by atoms with Crippen molar-refractivity contribution in [1.82, 2.24) is 0 Å². The van der Waals surface area contributed by atoms with Gasteiger partial charge in [-0.25, -0.2) is 9.18 Å². The molecule has 2 N–H and O–H groups in total. The summed E-state index contributed by atoms with van der Waals surface area (Å²) in [7, 11) is 0. The normalized spacial score (nSPS) is 43.6. The number of ether oxygens (including phenoxy) is 2. The molecule has 1 aromatic rings. The molecule has 0 amide bonds. The highest BCUT2D eigenvalue weighted by Gasteiger charge is 2.88. The predicted molar refractivity (Wildman–Crippen MR) is 129 cm³/mol. The van der Waals surface area contributed by atoms with Crippen molar-refractivity contribution in [3.8, 4) is 0 Å². The smallest absolute Gasteiger partial charge is 0.331 e. The Bertz CT molecular complexity index is 1250. The molecule has 0 aromatic heterocycles. The second-order valence-electron chi connectivity index (χ2n) is 12.1. The molecule has 4 bridgehead atoms. The number of halogens is 1. The molecule has 1 aromatic carbocycles. The second-order valence-corrected chi connectivity index (χ2v) is 12.1. The van der Waals surface area contributed by atoms with Crippen LogP contribution in [-0.2, 0) is 23.9 Å². The van der Waals surface area contributed by atoms with Gasteiger partial charge in [0.15, 0.2) is 5.78 Å². The minimum atomic E-state index is -2.33. The molecular formula is C29H31FO7. The first-order chi connectivity index (χ1) is 17.4. The van der Waals surface area contributed by atoms with Crippen molar-refractivity contribution in [2.24, 2.45) is 34.0 Å². The molecule has 2 saturated heterocycles. The number of carbonyl (C=O) groups is 3. The van der Waals surface area contributed by atoms with E-state index in [1.165, 1.54) is 36.4 Å². The van der Waals surface area contributed by atoms with Crippen LogP contribution in [0, 0.1) is 39.8 Å². The maximum Gasteiger partial charge on any atom is 0.331 e. The Labute approximate surface area is 214 Å². The number of fused-ring (bicyclic) bond motifs is 2. The van der Waals surface area contributed by atoms with Gasteiger partial charge >= 0.3 is 5.97 Å². The quantitative estimate of drug-likeness (QED) is 0.475. The summed E-state index contributed by atoms with van der Waals surface area (Å²) < 4.78 is 25.1. The summed E-state index contributed by atoms with van der Waals surface area (Å²) in [6.45, 7) is 7.85. The van der Waals surface area contributed by atoms with Crippen LogP contribution in [0.25, 0.3) is 6.08 Å². The molecule has 2 aliphatic heterocycles. The number of hydrogen-bond acceptors (Lipinski definition) is 7. The molecule has 37 heavy (non-hydrogen) atoms. The van der Waals surface area contributed by atoms with Crippen LogP contribution >= 0.6 is 0 Å². The maximum absolute atomic E-state index is 14.0. The van der Waals surface area contributed by atoms with Crippen molar-refractivity contribution < 1.29 is 38.5 Å². The molecule has 4 saturated carbocycles. The molecule has 4 aliphatic carbocycles. The van der Waals surface area contributed by atoms with E-state index in [1.807, 2.05) is 13.8 Å². The Morgan fingerprint density at radius 1 is 1.22 bits per heavy atom. The largest absolute Gasteiger partial charge is 0.457 e. The van der Waals surface area contributed by atoms with Gasteiger partial charge in [-0.05, 0) is 59.9 Å². The highest BCUT2D eigenvalue weighted by molar-refractivity contribution is 6.06. The molecule has 6 fully saturated rings. The lowest BCUT2D eigenvalue weighted by Crippen LogP contribution is -2.85. The first-order valence-electron chi connectivity index (χ1n) is 12.9. The lowest BCUT2D eigenvalue weighted by atomic mass is 9.36. The van der Waals surface area contributed by atoms with Gasteiger partial charge in [-0.3, -0.25) is 9.59 Å². The van der Waals surface area contributed by atoms with E-state index < -0.39 is 69.6 Å². The average Bonchev–Trinajstić information content (AvgIpc) is 2.97. The molecule has 2 spiro atoms. The molecule has 6 aliphatic rings. The summed E-state index contributed by atoms with van der Waals surface area (Å²) in [6.07, 6.45) is 1.73. The highest BCUT2D eigenvalue weighted by atomic mass is 19.1. The van der Waals surface area contributed by atoms with Gasteiger partial charge in [0, 0.05) is 24.3 Å². The number of ketones is 2. The first kappa shape index (κ1) is 24.6. The third-order valence-corrected chi connectivity index (χ3v) is 10.1. The first-order valence-corrected chi connectivity index (χ1v) is 12.9. The molecule has 7 rings (SSSR count). The molecule has 8 heteroatoms. The zero-order chi connectivity index (χ0) is 26.5. The third-order valence-electron chi connectivity index (χ3n) is 10.1. The SMILES string of the molecule is C=C1C(=O)[C@@]23C(CC[C@@H]1[C@H]2OC(=O)/C=C/c1ccc(F)cc1)[C@@]12COC3(O)[C@@H](O)[C@@H]1C(C)(C)CCC2=O. The van der Waals surface area contributed by atoms with E-state index in [0.29, 0.717) is 24.8 Å². The number of benzene rings is 1. The fourth-order valence-electron chi connectivity index (χ4n) is 8.67. The van der Waals surface area contributed by atoms with Crippen LogP contribution in [0.4, 0.5) is 4.39 Å². The molecular weight excluding hydrogens is 479 g/mol. The molecule has 7 nitrogen and oxygen atoms in total. The van der Waals surface area contributed by atoms with Crippen molar-refractivity contribution in [1.29, 1.82) is 0 Å². The zero-order valence-electron chi connectivity index (χ0n) is 20.9. The highest BCUT2D eigenvalue weighted by Crippen LogP contribution is 2.76. The Hall–Kier alpha value is -2.68. The number of rotatable bonds is 3. The number of hydrogen-bond donors (Lipinski definition) is 2. The Kier molecular flexibility index (Phi) is 5.12. The lowest BCUT2D eigenvalue weighted by molar-refractivity contribution is -0.437. The topological polar surface area (TPSA) is 110 Å². The van der Waals surface area contributed by atoms with Gasteiger partial charge in [0.1, 0.15) is 29.2 Å². The van der Waals surface area contributed by atoms with E-state index in [1.54, 1.807) is 0 Å². The van der Waals surface area contributed by atoms with Crippen LogP contribution < -0.4 is 0 Å². The minimum absolute atomic E-state index is 0.0768. The van der Waals surface area contributed by atoms with E-state index in [2.05, 4.69) is 6.58 Å². The van der Waals surface area contributed by atoms with E-state index in [9.17, 15) is 29.0 Å². The second kappa shape index (κ2) is 7.68. The van der Waals surface area contributed by atoms with Gasteiger partial charge in [-0.15, -0.1) is 0 Å². The maximum atomic E-state index is 14.0. The Morgan fingerprint density at radius 2 is 1.92 bits per heavy atom. The van der Waals surface area contributed by atoms with Crippen LogP contribution in [0.5, 0.6) is 0 Å². The Morgan fingerprint density at radius 3 is 2.62 bits per heavy atom. The number of esters is 1. The number of aliphatic hydroxyl groups is 2. The standard InChI is InChI=1S/C29H31FO7/c1-15-18-9-10-19-27-14-36-29(35,24(34)22(27)26(2,3)13-12-20(27)31)28(19,23(15)33)25(18)37-21(32)11-6-16-4-7-17(30)8-5-16/h4-8,11,18-19,22,24-25,34-35H,1,9-10,12-14H2,2-3H3/b11-6+/t18-,19?,22+,24-,25+,27+,28-,29?/m0/s1. The van der Waals surface area contributed by atoms with Gasteiger partial charge in [-0.1, -0.05) is 32.6 Å². The fraction of sp³-hybridized carbons (Fsp3) is 0.552. The van der Waals surface area contributed by atoms with Gasteiger partial charge in [0.25, 0.3) is 0 Å². The number of aliphatic hydroxyl groups excluding tert-OH is 1. The van der Waals surface area contributed by atoms with Crippen LogP contribution in [-0.4, -0.2) is 52.4 Å². The molecule has 2 unspecified atom stereocenters. The van der Waals surface area contributed by atoms with Crippen molar-refractivity contribution in [2.45, 2.75) is 57.5 Å². The summed E-state index contributed by atoms with van der Waals surface area (Å²) in [5, 5.41) is 23.8. The van der Waals surface area contributed by atoms with Crippen molar-refractivity contribution >= 4 is 23.6 Å². The molecule has 0 radical (unpaired) electrons. The summed E-state index contributed by atoms with van der Waals surface area (Å²) >= 11 is 0. The van der Waals surface area contributed by atoms with E-state index in [0.717, 1.165) is 0 Å². The average molecular weight is 511 g/mol. The van der Waals surface area contributed by atoms with Crippen LogP contribution in [0.2, 0.25) is 0 Å². The van der Waals surface area contributed by atoms with Crippen molar-refractivity contribution in [3.63, 3.8) is 0 Å². The third kappa shape index (κ3) is 2.84. The fourth-order valence-corrected chi connectivity index (χ4v) is 8.67. The lowest BCUT2D eigenvalue weighted by Gasteiger charge is -2.72. The molecule has 8 atom stereocenters. The summed E-state index contributed by atoms with van der Waals surface area (Å²) in [6, 6.07) is 5.55. The van der Waals surface area contributed by atoms with Gasteiger partial charge in [0.2, 0.25) is 5.79 Å². The summed E-state index contributed by atoms with van der Waals surface area (Å²) in [4.78, 5) is 40.8. The van der Waals surface area contributed by atoms with Crippen LogP contribution in [0.15, 0.2) is 42.5 Å². The van der Waals surface area contributed by atoms with Crippen LogP contribution in [0.3, 0.4) is 0 Å². The minimum Gasteiger partial charge on any atom is -0.457 e. The molecule has 2 heterocycles. The predicted octanol–water partition coefficient (Wildman–Crippen LogP) is 2.99. The molecule has 196 valence electrons. The van der Waals surface area contributed by atoms with Gasteiger partial charge < -0.3 is 19.7 Å². The van der Waals surface area contributed by atoms with Crippen molar-refractivity contribution in [3.05, 3.63) is 53.9 Å². The van der Waals surface area contributed by atoms with E-state index in [-0.39, 0.29) is 24.4 Å². The van der Waals surface area contributed by atoms with Gasteiger partial charge in [0.05, 0.1) is 12.0 Å². The van der Waals surface area contributed by atoms with Crippen molar-refractivity contribution in [2.75, 3.05) is 6.61 Å². The van der Waals surface area contributed by atoms with Gasteiger partial charge in [-0.2, -0.15) is 0 Å². The van der Waals surface area contributed by atoms with E-state index >= 15 is 0 Å². The zero-order valence-corrected chi connectivity index (χ0v) is 20.9. The van der Waals surface area contributed by atoms with Crippen LogP contribution in [0.1, 0.15) is 45.1 Å². The number of Topliss-reactive ketones (excluding diaryl/α,β-unsaturated/α-hetero) is 2. The monoisotopic (exact) mass is 510 g/mol. The summed E-state index contributed by atoms with van der Waals surface area (Å²) in [5.41, 5.74) is -2.69. The number of carbonyl (C=O) groups excluding carboxylic acids is 3.